The number of halogens is 1. The molecular formula is C3H5ClO4S. The van der Waals surface area contributed by atoms with Crippen molar-refractivity contribution in [3.05, 3.63) is 0 Å². The summed E-state index contributed by atoms with van der Waals surface area (Å²) < 4.78 is 24.3. The second-order valence-corrected chi connectivity index (χ2v) is 3.40. The summed E-state index contributed by atoms with van der Waals surface area (Å²) in [7, 11) is -3.80. The van der Waals surface area contributed by atoms with Gasteiger partial charge in [0.05, 0.1) is 0 Å². The van der Waals surface area contributed by atoms with E-state index in [0.29, 0.717) is 0 Å². The Bertz CT molecular complexity index is 194. The lowest BCUT2D eigenvalue weighted by atomic mass is 10.9. The van der Waals surface area contributed by atoms with E-state index < -0.39 is 21.3 Å². The van der Waals surface area contributed by atoms with Crippen molar-refractivity contribution in [1.29, 1.82) is 0 Å². The monoisotopic (exact) mass is 172 g/mol. The van der Waals surface area contributed by atoms with Gasteiger partial charge in [0, 0.05) is 6.92 Å². The van der Waals surface area contributed by atoms with Gasteiger partial charge < -0.3 is 4.18 Å². The molecule has 9 heavy (non-hydrogen) atoms. The van der Waals surface area contributed by atoms with Gasteiger partial charge in [0.1, 0.15) is 0 Å². The van der Waals surface area contributed by atoms with Gasteiger partial charge in [-0.05, 0) is 0 Å². The highest BCUT2D eigenvalue weighted by molar-refractivity contribution is 7.88. The van der Waals surface area contributed by atoms with E-state index in [1.807, 2.05) is 0 Å². The molecule has 0 N–H and O–H groups in total. The molecule has 0 spiro atoms. The third-order valence-corrected chi connectivity index (χ3v) is 1.94. The van der Waals surface area contributed by atoms with Crippen LogP contribution in [0.1, 0.15) is 6.92 Å². The van der Waals surface area contributed by atoms with Crippen LogP contribution in [0.4, 0.5) is 0 Å². The maximum Gasteiger partial charge on any atom is 0.325 e. The van der Waals surface area contributed by atoms with Crippen molar-refractivity contribution in [2.75, 3.05) is 5.21 Å². The van der Waals surface area contributed by atoms with Crippen LogP contribution in [0.15, 0.2) is 0 Å². The summed E-state index contributed by atoms with van der Waals surface area (Å²) >= 11 is 4.87. The molecule has 0 aromatic heterocycles. The van der Waals surface area contributed by atoms with E-state index in [-0.39, 0.29) is 0 Å². The van der Waals surface area contributed by atoms with Crippen molar-refractivity contribution in [1.82, 2.24) is 0 Å². The molecule has 0 unspecified atom stereocenters. The van der Waals surface area contributed by atoms with Crippen LogP contribution in [0.5, 0.6) is 0 Å². The zero-order chi connectivity index (χ0) is 7.49. The van der Waals surface area contributed by atoms with Gasteiger partial charge in [0.25, 0.3) is 0 Å². The van der Waals surface area contributed by atoms with Gasteiger partial charge in [-0.15, -0.1) is 11.6 Å². The topological polar surface area (TPSA) is 60.4 Å². The van der Waals surface area contributed by atoms with Crippen LogP contribution in [0.25, 0.3) is 0 Å². The Morgan fingerprint density at radius 1 is 1.67 bits per heavy atom. The number of carbonyl (C=O) groups excluding carboxylic acids is 1. The molecule has 4 nitrogen and oxygen atoms in total. The molecule has 0 heterocycles. The normalized spacial score (nSPS) is 10.9. The predicted octanol–water partition coefficient (Wildman–Crippen LogP) is 0.0756. The summed E-state index contributed by atoms with van der Waals surface area (Å²) in [5.41, 5.74) is 0. The molecular weight excluding hydrogens is 168 g/mol. The van der Waals surface area contributed by atoms with E-state index in [1.54, 1.807) is 0 Å². The Kier molecular flexibility index (Phi) is 2.93. The van der Waals surface area contributed by atoms with E-state index in [4.69, 9.17) is 11.6 Å². The van der Waals surface area contributed by atoms with E-state index >= 15 is 0 Å². The molecule has 0 amide bonds. The van der Waals surface area contributed by atoms with Gasteiger partial charge in [-0.3, -0.25) is 4.79 Å². The number of alkyl halides is 1. The predicted molar refractivity (Wildman–Crippen MR) is 31.4 cm³/mol. The first-order valence-corrected chi connectivity index (χ1v) is 4.08. The molecule has 0 aromatic carbocycles. The van der Waals surface area contributed by atoms with Crippen LogP contribution in [0, 0.1) is 0 Å². The summed E-state index contributed by atoms with van der Waals surface area (Å²) in [6.07, 6.45) is 0. The molecule has 0 rings (SSSR count). The Hall–Kier alpha value is -0.290. The zero-order valence-corrected chi connectivity index (χ0v) is 6.20. The maximum atomic E-state index is 10.2. The van der Waals surface area contributed by atoms with Crippen molar-refractivity contribution in [2.45, 2.75) is 6.92 Å². The minimum Gasteiger partial charge on any atom is -0.345 e. The smallest absolute Gasteiger partial charge is 0.325 e. The SMILES string of the molecule is CC(=O)OS(=O)(=O)CCl. The Morgan fingerprint density at radius 2 is 2.11 bits per heavy atom. The van der Waals surface area contributed by atoms with Crippen molar-refractivity contribution in [3.63, 3.8) is 0 Å². The average molecular weight is 173 g/mol. The zero-order valence-electron chi connectivity index (χ0n) is 4.63. The minimum atomic E-state index is -3.80. The van der Waals surface area contributed by atoms with Gasteiger partial charge in [-0.25, -0.2) is 0 Å². The summed E-state index contributed by atoms with van der Waals surface area (Å²) in [5, 5.41) is -0.702. The lowest BCUT2D eigenvalue weighted by Crippen LogP contribution is -2.10. The first kappa shape index (κ1) is 8.71. The fraction of sp³-hybridized carbons (Fsp3) is 0.667. The Labute approximate surface area is 57.9 Å². The molecule has 0 bridgehead atoms. The third-order valence-electron chi connectivity index (χ3n) is 0.378. The molecule has 0 saturated heterocycles. The molecule has 0 radical (unpaired) electrons. The van der Waals surface area contributed by atoms with Gasteiger partial charge in [0.15, 0.2) is 5.21 Å². The van der Waals surface area contributed by atoms with E-state index in [1.165, 1.54) is 0 Å². The molecule has 0 fully saturated rings. The first-order chi connectivity index (χ1) is 3.98. The number of hydrogen-bond donors (Lipinski definition) is 0. The lowest BCUT2D eigenvalue weighted by Gasteiger charge is -1.95. The van der Waals surface area contributed by atoms with Crippen LogP contribution in [0.3, 0.4) is 0 Å². The fourth-order valence-electron chi connectivity index (χ4n) is 0.201. The van der Waals surface area contributed by atoms with Gasteiger partial charge in [-0.2, -0.15) is 8.42 Å². The highest BCUT2D eigenvalue weighted by Gasteiger charge is 2.10. The number of carbonyl (C=O) groups is 1. The van der Waals surface area contributed by atoms with Crippen LogP contribution in [0.2, 0.25) is 0 Å². The minimum absolute atomic E-state index is 0.702. The second kappa shape index (κ2) is 3.03. The van der Waals surface area contributed by atoms with E-state index in [9.17, 15) is 13.2 Å². The molecule has 0 aliphatic carbocycles. The summed E-state index contributed by atoms with van der Waals surface area (Å²) in [6, 6.07) is 0. The second-order valence-electron chi connectivity index (χ2n) is 1.24. The summed E-state index contributed by atoms with van der Waals surface area (Å²) in [6.45, 7) is 0.990. The lowest BCUT2D eigenvalue weighted by molar-refractivity contribution is -0.131. The molecule has 0 aromatic rings. The largest absolute Gasteiger partial charge is 0.345 e. The Balaban J connectivity index is 4.06. The number of hydrogen-bond acceptors (Lipinski definition) is 4. The summed E-state index contributed by atoms with van der Waals surface area (Å²) in [4.78, 5) is 9.96. The van der Waals surface area contributed by atoms with Crippen LogP contribution in [-0.4, -0.2) is 19.6 Å². The quantitative estimate of drug-likeness (QED) is 0.437. The summed E-state index contributed by atoms with van der Waals surface area (Å²) in [5.74, 6) is -0.879. The average Bonchev–Trinajstić information content (AvgIpc) is 1.63. The third kappa shape index (κ3) is 4.23. The molecule has 0 aliphatic rings. The Morgan fingerprint density at radius 3 is 2.22 bits per heavy atom. The van der Waals surface area contributed by atoms with E-state index in [0.717, 1.165) is 6.92 Å². The van der Waals surface area contributed by atoms with Gasteiger partial charge in [0.2, 0.25) is 0 Å². The van der Waals surface area contributed by atoms with Gasteiger partial charge in [-0.1, -0.05) is 0 Å². The molecule has 54 valence electrons. The standard InChI is InChI=1S/C3H5ClO4S/c1-3(5)8-9(6,7)2-4/h2H2,1H3. The number of rotatable bonds is 2. The first-order valence-electron chi connectivity index (χ1n) is 1.96. The fourth-order valence-corrected chi connectivity index (χ4v) is 0.737. The molecule has 0 aliphatic heterocycles. The molecule has 0 atom stereocenters. The molecule has 6 heteroatoms. The molecule has 0 saturated carbocycles. The van der Waals surface area contributed by atoms with Crippen molar-refractivity contribution >= 4 is 27.7 Å². The van der Waals surface area contributed by atoms with Crippen molar-refractivity contribution in [2.24, 2.45) is 0 Å². The van der Waals surface area contributed by atoms with Crippen LogP contribution < -0.4 is 0 Å². The van der Waals surface area contributed by atoms with Crippen molar-refractivity contribution < 1.29 is 17.4 Å². The highest BCUT2D eigenvalue weighted by atomic mass is 35.5. The van der Waals surface area contributed by atoms with Gasteiger partial charge >= 0.3 is 16.1 Å². The highest BCUT2D eigenvalue weighted by Crippen LogP contribution is 1.95. The maximum absolute atomic E-state index is 10.2. The van der Waals surface area contributed by atoms with Crippen LogP contribution >= 0.6 is 11.6 Å². The van der Waals surface area contributed by atoms with Crippen molar-refractivity contribution in [3.8, 4) is 0 Å². The van der Waals surface area contributed by atoms with Crippen LogP contribution in [-0.2, 0) is 19.1 Å². The van der Waals surface area contributed by atoms with E-state index in [2.05, 4.69) is 4.18 Å².